The highest BCUT2D eigenvalue weighted by Crippen LogP contribution is 2.33. The number of pyridine rings is 1. The van der Waals surface area contributed by atoms with Gasteiger partial charge in [-0.15, -0.1) is 0 Å². The van der Waals surface area contributed by atoms with Gasteiger partial charge in [0, 0.05) is 37.4 Å². The summed E-state index contributed by atoms with van der Waals surface area (Å²) in [4.78, 5) is 19.5. The number of nitrogen functional groups attached to an aromatic ring is 1. The Morgan fingerprint density at radius 3 is 2.62 bits per heavy atom. The molecule has 4 N–H and O–H groups in total. The SMILES string of the molecule is Nc1cc(-c2ccc(N3CCNCC3)cc2)c2oc3cccc(O)c3c(=O)c2n1. The fraction of sp³-hybridized carbons (Fsp3) is 0.182. The van der Waals surface area contributed by atoms with Gasteiger partial charge in [0.2, 0.25) is 5.43 Å². The van der Waals surface area contributed by atoms with Gasteiger partial charge in [-0.25, -0.2) is 4.98 Å². The molecule has 0 bridgehead atoms. The van der Waals surface area contributed by atoms with Crippen LogP contribution in [0.25, 0.3) is 33.2 Å². The molecular weight excluding hydrogens is 368 g/mol. The summed E-state index contributed by atoms with van der Waals surface area (Å²) in [6.07, 6.45) is 0. The maximum absolute atomic E-state index is 13.0. The standard InChI is InChI=1S/C22H20N4O3/c23-18-12-15(13-4-6-14(7-5-13)26-10-8-24-9-11-26)22-20(25-18)21(28)19-16(27)2-1-3-17(19)29-22/h1-7,12,24,27H,8-11H2,(H2,23,25). The molecule has 0 radical (unpaired) electrons. The first-order valence-corrected chi connectivity index (χ1v) is 9.53. The van der Waals surface area contributed by atoms with Gasteiger partial charge in [0.05, 0.1) is 0 Å². The first-order valence-electron chi connectivity index (χ1n) is 9.53. The molecule has 1 aliphatic rings. The smallest absolute Gasteiger partial charge is 0.222 e. The minimum Gasteiger partial charge on any atom is -0.507 e. The van der Waals surface area contributed by atoms with E-state index >= 15 is 0 Å². The van der Waals surface area contributed by atoms with Crippen molar-refractivity contribution >= 4 is 33.6 Å². The summed E-state index contributed by atoms with van der Waals surface area (Å²) in [7, 11) is 0. The molecule has 3 heterocycles. The van der Waals surface area contributed by atoms with Crippen LogP contribution < -0.4 is 21.4 Å². The molecule has 7 nitrogen and oxygen atoms in total. The van der Waals surface area contributed by atoms with Crippen molar-refractivity contribution in [3.63, 3.8) is 0 Å². The summed E-state index contributed by atoms with van der Waals surface area (Å²) in [5.74, 6) is 0.0880. The topological polar surface area (TPSA) is 105 Å². The third-order valence-electron chi connectivity index (χ3n) is 5.31. The molecule has 7 heteroatoms. The highest BCUT2D eigenvalue weighted by molar-refractivity contribution is 5.98. The van der Waals surface area contributed by atoms with Crippen LogP contribution in [-0.4, -0.2) is 36.3 Å². The first kappa shape index (κ1) is 17.5. The molecule has 1 saturated heterocycles. The van der Waals surface area contributed by atoms with Crippen molar-refractivity contribution in [1.29, 1.82) is 0 Å². The maximum atomic E-state index is 13.0. The molecule has 2 aromatic heterocycles. The molecule has 1 fully saturated rings. The summed E-state index contributed by atoms with van der Waals surface area (Å²) in [5, 5.41) is 13.6. The van der Waals surface area contributed by atoms with Crippen molar-refractivity contribution in [2.75, 3.05) is 36.8 Å². The summed E-state index contributed by atoms with van der Waals surface area (Å²) in [6, 6.07) is 14.6. The number of nitrogens with one attached hydrogen (secondary N) is 1. The molecule has 0 spiro atoms. The molecule has 0 unspecified atom stereocenters. The van der Waals surface area contributed by atoms with Crippen LogP contribution in [0.1, 0.15) is 0 Å². The molecule has 29 heavy (non-hydrogen) atoms. The number of anilines is 2. The summed E-state index contributed by atoms with van der Waals surface area (Å²) in [5.41, 5.74) is 9.10. The number of hydrogen-bond donors (Lipinski definition) is 3. The molecular formula is C22H20N4O3. The van der Waals surface area contributed by atoms with Gasteiger partial charge >= 0.3 is 0 Å². The number of piperazine rings is 1. The molecule has 146 valence electrons. The van der Waals surface area contributed by atoms with Crippen molar-refractivity contribution in [2.45, 2.75) is 0 Å². The van der Waals surface area contributed by atoms with E-state index in [0.29, 0.717) is 16.7 Å². The zero-order valence-electron chi connectivity index (χ0n) is 15.7. The normalized spacial score (nSPS) is 14.6. The van der Waals surface area contributed by atoms with Gasteiger partial charge in [-0.2, -0.15) is 0 Å². The number of aromatic hydroxyl groups is 1. The van der Waals surface area contributed by atoms with Gasteiger partial charge < -0.3 is 25.5 Å². The number of phenols is 1. The number of rotatable bonds is 2. The minimum absolute atomic E-state index is 0.109. The number of benzene rings is 2. The van der Waals surface area contributed by atoms with E-state index in [0.717, 1.165) is 37.4 Å². The average Bonchev–Trinajstić information content (AvgIpc) is 2.75. The van der Waals surface area contributed by atoms with E-state index in [1.54, 1.807) is 18.2 Å². The molecule has 0 atom stereocenters. The predicted molar refractivity (Wildman–Crippen MR) is 114 cm³/mol. The number of fused-ring (bicyclic) bond motifs is 2. The van der Waals surface area contributed by atoms with Crippen molar-refractivity contribution in [3.05, 3.63) is 58.8 Å². The number of nitrogens with zero attached hydrogens (tertiary/aromatic N) is 2. The van der Waals surface area contributed by atoms with Crippen LogP contribution in [0.4, 0.5) is 11.5 Å². The fourth-order valence-electron chi connectivity index (χ4n) is 3.86. The molecule has 2 aromatic carbocycles. The Labute approximate surface area is 166 Å². The monoisotopic (exact) mass is 388 g/mol. The molecule has 5 rings (SSSR count). The Hall–Kier alpha value is -3.58. The number of aromatic nitrogens is 1. The van der Waals surface area contributed by atoms with Crippen LogP contribution in [0.15, 0.2) is 57.7 Å². The van der Waals surface area contributed by atoms with Crippen LogP contribution in [0.5, 0.6) is 5.75 Å². The van der Waals surface area contributed by atoms with E-state index in [-0.39, 0.29) is 22.5 Å². The fourth-order valence-corrected chi connectivity index (χ4v) is 3.86. The van der Waals surface area contributed by atoms with E-state index in [2.05, 4.69) is 27.3 Å². The van der Waals surface area contributed by atoms with Gasteiger partial charge in [0.1, 0.15) is 22.5 Å². The van der Waals surface area contributed by atoms with Crippen LogP contribution in [0.2, 0.25) is 0 Å². The van der Waals surface area contributed by atoms with E-state index in [4.69, 9.17) is 10.2 Å². The lowest BCUT2D eigenvalue weighted by molar-refractivity contribution is 0.480. The summed E-state index contributed by atoms with van der Waals surface area (Å²) < 4.78 is 6.00. The van der Waals surface area contributed by atoms with Crippen LogP contribution in [0.3, 0.4) is 0 Å². The summed E-state index contributed by atoms with van der Waals surface area (Å²) in [6.45, 7) is 3.88. The lowest BCUT2D eigenvalue weighted by Gasteiger charge is -2.29. The quantitative estimate of drug-likeness (QED) is 0.454. The Kier molecular flexibility index (Phi) is 4.10. The average molecular weight is 388 g/mol. The summed E-state index contributed by atoms with van der Waals surface area (Å²) >= 11 is 0. The lowest BCUT2D eigenvalue weighted by Crippen LogP contribution is -2.43. The molecule has 0 aliphatic carbocycles. The zero-order valence-corrected chi connectivity index (χ0v) is 15.7. The van der Waals surface area contributed by atoms with E-state index in [1.165, 1.54) is 6.07 Å². The van der Waals surface area contributed by atoms with Crippen LogP contribution in [0, 0.1) is 0 Å². The molecule has 1 aliphatic heterocycles. The van der Waals surface area contributed by atoms with E-state index in [1.807, 2.05) is 12.1 Å². The van der Waals surface area contributed by atoms with Crippen LogP contribution >= 0.6 is 0 Å². The van der Waals surface area contributed by atoms with Crippen molar-refractivity contribution in [2.24, 2.45) is 0 Å². The number of nitrogens with two attached hydrogens (primary N) is 1. The van der Waals surface area contributed by atoms with E-state index in [9.17, 15) is 9.90 Å². The van der Waals surface area contributed by atoms with Gasteiger partial charge in [-0.3, -0.25) is 4.79 Å². The Morgan fingerprint density at radius 1 is 1.10 bits per heavy atom. The maximum Gasteiger partial charge on any atom is 0.222 e. The van der Waals surface area contributed by atoms with Crippen molar-refractivity contribution < 1.29 is 9.52 Å². The van der Waals surface area contributed by atoms with Crippen molar-refractivity contribution in [3.8, 4) is 16.9 Å². The molecule has 4 aromatic rings. The van der Waals surface area contributed by atoms with E-state index < -0.39 is 5.43 Å². The second-order valence-electron chi connectivity index (χ2n) is 7.14. The van der Waals surface area contributed by atoms with Crippen LogP contribution in [-0.2, 0) is 0 Å². The Balaban J connectivity index is 1.68. The molecule has 0 amide bonds. The second kappa shape index (κ2) is 6.79. The predicted octanol–water partition coefficient (Wildman–Crippen LogP) is 2.71. The third-order valence-corrected chi connectivity index (χ3v) is 5.31. The second-order valence-corrected chi connectivity index (χ2v) is 7.14. The largest absolute Gasteiger partial charge is 0.507 e. The third kappa shape index (κ3) is 2.96. The zero-order chi connectivity index (χ0) is 20.0. The molecule has 0 saturated carbocycles. The van der Waals surface area contributed by atoms with Crippen molar-refractivity contribution in [1.82, 2.24) is 10.3 Å². The van der Waals surface area contributed by atoms with Gasteiger partial charge in [-0.1, -0.05) is 18.2 Å². The Morgan fingerprint density at radius 2 is 1.86 bits per heavy atom. The van der Waals surface area contributed by atoms with Gasteiger partial charge in [-0.05, 0) is 35.9 Å². The lowest BCUT2D eigenvalue weighted by atomic mass is 10.0. The number of phenolic OH excluding ortho intramolecular Hbond substituents is 1. The highest BCUT2D eigenvalue weighted by Gasteiger charge is 2.17. The van der Waals surface area contributed by atoms with Gasteiger partial charge in [0.15, 0.2) is 11.1 Å². The highest BCUT2D eigenvalue weighted by atomic mass is 16.3. The Bertz CT molecular complexity index is 1280. The number of hydrogen-bond acceptors (Lipinski definition) is 7. The minimum atomic E-state index is -0.398. The first-order chi connectivity index (χ1) is 14.1. The van der Waals surface area contributed by atoms with Gasteiger partial charge in [0.25, 0.3) is 0 Å².